The molecule has 0 bridgehead atoms. The zero-order valence-corrected chi connectivity index (χ0v) is 11.5. The van der Waals surface area contributed by atoms with Gasteiger partial charge < -0.3 is 15.8 Å². The average molecular weight is 283 g/mol. The first-order chi connectivity index (χ1) is 9.19. The highest BCUT2D eigenvalue weighted by atomic mass is 35.5. The van der Waals surface area contributed by atoms with Gasteiger partial charge in [-0.2, -0.15) is 0 Å². The van der Waals surface area contributed by atoms with Crippen LogP contribution in [0.4, 0.5) is 0 Å². The molecule has 1 aliphatic rings. The number of amides is 1. The molecule has 0 aromatic heterocycles. The zero-order chi connectivity index (χ0) is 13.7. The fourth-order valence-electron chi connectivity index (χ4n) is 2.21. The number of hydrogen-bond acceptors (Lipinski definition) is 3. The van der Waals surface area contributed by atoms with E-state index in [1.54, 1.807) is 0 Å². The van der Waals surface area contributed by atoms with E-state index in [-0.39, 0.29) is 18.1 Å². The number of carbonyl (C=O) groups excluding carboxylic acids is 1. The Labute approximate surface area is 118 Å². The monoisotopic (exact) mass is 282 g/mol. The van der Waals surface area contributed by atoms with Gasteiger partial charge in [0.15, 0.2) is 0 Å². The van der Waals surface area contributed by atoms with Crippen molar-refractivity contribution in [2.45, 2.75) is 31.5 Å². The van der Waals surface area contributed by atoms with Gasteiger partial charge in [0, 0.05) is 18.1 Å². The maximum atomic E-state index is 11.9. The summed E-state index contributed by atoms with van der Waals surface area (Å²) in [5, 5.41) is 3.61. The second-order valence-corrected chi connectivity index (χ2v) is 5.17. The Morgan fingerprint density at radius 1 is 1.47 bits per heavy atom. The molecule has 5 heteroatoms. The smallest absolute Gasteiger partial charge is 0.249 e. The normalized spacial score (nSPS) is 22.4. The van der Waals surface area contributed by atoms with Crippen LogP contribution >= 0.6 is 11.6 Å². The molecule has 104 valence electrons. The summed E-state index contributed by atoms with van der Waals surface area (Å²) in [4.78, 5) is 11.9. The van der Waals surface area contributed by atoms with E-state index in [0.29, 0.717) is 18.1 Å². The van der Waals surface area contributed by atoms with Crippen molar-refractivity contribution in [1.82, 2.24) is 5.32 Å². The molecule has 1 aromatic carbocycles. The van der Waals surface area contributed by atoms with E-state index < -0.39 is 0 Å². The lowest BCUT2D eigenvalue weighted by atomic mass is 10.1. The van der Waals surface area contributed by atoms with E-state index >= 15 is 0 Å². The second-order valence-electron chi connectivity index (χ2n) is 4.73. The van der Waals surface area contributed by atoms with Gasteiger partial charge in [0.05, 0.1) is 6.10 Å². The van der Waals surface area contributed by atoms with Gasteiger partial charge in [-0.1, -0.05) is 23.7 Å². The minimum Gasteiger partial charge on any atom is -0.364 e. The number of rotatable bonds is 5. The highest BCUT2D eigenvalue weighted by molar-refractivity contribution is 6.30. The number of benzene rings is 1. The second kappa shape index (κ2) is 6.89. The molecule has 1 heterocycles. The molecule has 0 radical (unpaired) electrons. The molecular formula is C14H19ClN2O2. The third kappa shape index (κ3) is 4.20. The summed E-state index contributed by atoms with van der Waals surface area (Å²) in [6.45, 7) is 1.07. The number of hydrogen-bond donors (Lipinski definition) is 2. The summed E-state index contributed by atoms with van der Waals surface area (Å²) in [5.41, 5.74) is 6.63. The van der Waals surface area contributed by atoms with E-state index in [1.165, 1.54) is 0 Å². The lowest BCUT2D eigenvalue weighted by molar-refractivity contribution is -0.131. The van der Waals surface area contributed by atoms with Crippen LogP contribution in [0.1, 0.15) is 18.4 Å². The molecule has 3 N–H and O–H groups in total. The van der Waals surface area contributed by atoms with Crippen molar-refractivity contribution in [2.24, 2.45) is 5.73 Å². The van der Waals surface area contributed by atoms with Crippen molar-refractivity contribution >= 4 is 17.5 Å². The molecule has 1 fully saturated rings. The third-order valence-corrected chi connectivity index (χ3v) is 3.50. The molecular weight excluding hydrogens is 264 g/mol. The van der Waals surface area contributed by atoms with Gasteiger partial charge in [-0.05, 0) is 37.0 Å². The van der Waals surface area contributed by atoms with Crippen LogP contribution in [-0.2, 0) is 16.0 Å². The Bertz CT molecular complexity index is 439. The first-order valence-corrected chi connectivity index (χ1v) is 6.94. The van der Waals surface area contributed by atoms with Gasteiger partial charge in [0.25, 0.3) is 0 Å². The maximum absolute atomic E-state index is 11.9. The van der Waals surface area contributed by atoms with Gasteiger partial charge in [-0.15, -0.1) is 0 Å². The highest BCUT2D eigenvalue weighted by Crippen LogP contribution is 2.18. The number of nitrogens with one attached hydrogen (secondary N) is 1. The van der Waals surface area contributed by atoms with E-state index in [0.717, 1.165) is 24.8 Å². The number of ether oxygens (including phenoxy) is 1. The summed E-state index contributed by atoms with van der Waals surface area (Å²) < 4.78 is 5.54. The fraction of sp³-hybridized carbons (Fsp3) is 0.500. The molecule has 4 nitrogen and oxygen atoms in total. The first-order valence-electron chi connectivity index (χ1n) is 6.56. The predicted octanol–water partition coefficient (Wildman–Crippen LogP) is 1.50. The molecule has 2 atom stereocenters. The largest absolute Gasteiger partial charge is 0.364 e. The van der Waals surface area contributed by atoms with Crippen LogP contribution in [0, 0.1) is 0 Å². The van der Waals surface area contributed by atoms with E-state index in [1.807, 2.05) is 24.3 Å². The van der Waals surface area contributed by atoms with Crippen molar-refractivity contribution in [3.63, 3.8) is 0 Å². The molecule has 1 amide bonds. The quantitative estimate of drug-likeness (QED) is 0.860. The molecule has 19 heavy (non-hydrogen) atoms. The summed E-state index contributed by atoms with van der Waals surface area (Å²) in [6, 6.07) is 7.65. The summed E-state index contributed by atoms with van der Waals surface area (Å²) in [5.74, 6) is -0.0435. The summed E-state index contributed by atoms with van der Waals surface area (Å²) in [6.07, 6.45) is 2.07. The van der Waals surface area contributed by atoms with Crippen LogP contribution in [-0.4, -0.2) is 31.2 Å². The Balaban J connectivity index is 1.72. The SMILES string of the molecule is NCC1CCC(C(=O)NCCc2cccc(Cl)c2)O1. The van der Waals surface area contributed by atoms with Crippen LogP contribution in [0.25, 0.3) is 0 Å². The predicted molar refractivity (Wildman–Crippen MR) is 75.1 cm³/mol. The molecule has 2 unspecified atom stereocenters. The Hall–Kier alpha value is -1.10. The van der Waals surface area contributed by atoms with Crippen LogP contribution in [0.2, 0.25) is 5.02 Å². The lowest BCUT2D eigenvalue weighted by Gasteiger charge is -2.12. The van der Waals surface area contributed by atoms with Gasteiger partial charge in [0.2, 0.25) is 5.91 Å². The van der Waals surface area contributed by atoms with Crippen LogP contribution in [0.5, 0.6) is 0 Å². The fourth-order valence-corrected chi connectivity index (χ4v) is 2.42. The number of carbonyl (C=O) groups is 1. The molecule has 1 saturated heterocycles. The lowest BCUT2D eigenvalue weighted by Crippen LogP contribution is -2.36. The zero-order valence-electron chi connectivity index (χ0n) is 10.8. The first kappa shape index (κ1) is 14.3. The van der Waals surface area contributed by atoms with Gasteiger partial charge in [-0.3, -0.25) is 4.79 Å². The van der Waals surface area contributed by atoms with Crippen LogP contribution in [0.3, 0.4) is 0 Å². The topological polar surface area (TPSA) is 64.4 Å². The molecule has 2 rings (SSSR count). The van der Waals surface area contributed by atoms with Crippen LogP contribution < -0.4 is 11.1 Å². The maximum Gasteiger partial charge on any atom is 0.249 e. The summed E-state index contributed by atoms with van der Waals surface area (Å²) in [7, 11) is 0. The average Bonchev–Trinajstić information content (AvgIpc) is 2.87. The third-order valence-electron chi connectivity index (χ3n) is 3.26. The number of nitrogens with two attached hydrogens (primary N) is 1. The van der Waals surface area contributed by atoms with Crippen molar-refractivity contribution in [2.75, 3.05) is 13.1 Å². The Kier molecular flexibility index (Phi) is 5.19. The number of halogens is 1. The summed E-state index contributed by atoms with van der Waals surface area (Å²) >= 11 is 5.90. The van der Waals surface area contributed by atoms with Crippen molar-refractivity contribution < 1.29 is 9.53 Å². The van der Waals surface area contributed by atoms with Crippen molar-refractivity contribution in [3.8, 4) is 0 Å². The van der Waals surface area contributed by atoms with Gasteiger partial charge in [0.1, 0.15) is 6.10 Å². The van der Waals surface area contributed by atoms with E-state index in [2.05, 4.69) is 5.32 Å². The van der Waals surface area contributed by atoms with Crippen LogP contribution in [0.15, 0.2) is 24.3 Å². The Morgan fingerprint density at radius 2 is 2.32 bits per heavy atom. The molecule has 1 aliphatic heterocycles. The molecule has 0 saturated carbocycles. The van der Waals surface area contributed by atoms with Gasteiger partial charge in [-0.25, -0.2) is 0 Å². The standard InChI is InChI=1S/C14H19ClN2O2/c15-11-3-1-2-10(8-11)6-7-17-14(18)13-5-4-12(9-16)19-13/h1-3,8,12-13H,4-7,9,16H2,(H,17,18). The van der Waals surface area contributed by atoms with Gasteiger partial charge >= 0.3 is 0 Å². The van der Waals surface area contributed by atoms with E-state index in [9.17, 15) is 4.79 Å². The Morgan fingerprint density at radius 3 is 3.00 bits per heavy atom. The van der Waals surface area contributed by atoms with Crippen molar-refractivity contribution in [1.29, 1.82) is 0 Å². The molecule has 0 spiro atoms. The minimum absolute atomic E-state index is 0.0312. The molecule has 0 aliphatic carbocycles. The minimum atomic E-state index is -0.340. The molecule has 1 aromatic rings. The highest BCUT2D eigenvalue weighted by Gasteiger charge is 2.29. The van der Waals surface area contributed by atoms with Crippen molar-refractivity contribution in [3.05, 3.63) is 34.9 Å². The van der Waals surface area contributed by atoms with E-state index in [4.69, 9.17) is 22.1 Å².